The van der Waals surface area contributed by atoms with E-state index in [0.29, 0.717) is 17.0 Å². The van der Waals surface area contributed by atoms with Crippen molar-refractivity contribution in [3.8, 4) is 11.3 Å². The van der Waals surface area contributed by atoms with E-state index in [4.69, 9.17) is 9.26 Å². The number of nitrogens with one attached hydrogen (secondary N) is 1. The normalized spacial score (nSPS) is 12.3. The third-order valence-corrected chi connectivity index (χ3v) is 5.10. The first-order valence-corrected chi connectivity index (χ1v) is 10.8. The van der Waals surface area contributed by atoms with Crippen LogP contribution in [0.4, 0.5) is 4.79 Å². The van der Waals surface area contributed by atoms with E-state index in [0.717, 1.165) is 16.5 Å². The van der Waals surface area contributed by atoms with E-state index in [-0.39, 0.29) is 12.1 Å². The molecule has 0 aliphatic heterocycles. The maximum atomic E-state index is 12.7. The number of benzene rings is 2. The maximum absolute atomic E-state index is 12.7. The fourth-order valence-electron chi connectivity index (χ4n) is 3.71. The molecule has 0 fully saturated rings. The lowest BCUT2D eigenvalue weighted by Crippen LogP contribution is -2.36. The zero-order chi connectivity index (χ0) is 24.3. The van der Waals surface area contributed by atoms with E-state index in [2.05, 4.69) is 15.5 Å². The first-order valence-electron chi connectivity index (χ1n) is 10.8. The minimum atomic E-state index is -1.12. The van der Waals surface area contributed by atoms with Crippen molar-refractivity contribution in [1.29, 1.82) is 0 Å². The fraction of sp³-hybridized carbons (Fsp3) is 0.231. The largest absolute Gasteiger partial charge is 0.477 e. The Kier molecular flexibility index (Phi) is 6.32. The molecule has 2 N–H and O–H groups in total. The number of fused-ring (bicyclic) bond motifs is 1. The molecule has 4 rings (SSSR count). The summed E-state index contributed by atoms with van der Waals surface area (Å²) in [6.07, 6.45) is -0.348. The third-order valence-electron chi connectivity index (χ3n) is 5.10. The average Bonchev–Trinajstić information content (AvgIpc) is 3.21. The number of hydrogen-bond acceptors (Lipinski definition) is 6. The molecular weight excluding hydrogens is 434 g/mol. The SMILES string of the molecule is CC(C)(C)OC(=O)N[C@@H](Cc1cccc(C(=O)O)n1)c1ccccc1-c1noc2ccccc12. The molecule has 8 heteroatoms. The number of aromatic nitrogens is 2. The van der Waals surface area contributed by atoms with Crippen LogP contribution in [0.3, 0.4) is 0 Å². The minimum absolute atomic E-state index is 0.0655. The number of alkyl carbamates (subject to hydrolysis) is 1. The number of nitrogens with zero attached hydrogens (tertiary/aromatic N) is 2. The number of amides is 1. The summed E-state index contributed by atoms with van der Waals surface area (Å²) >= 11 is 0. The fourth-order valence-corrected chi connectivity index (χ4v) is 3.71. The number of para-hydroxylation sites is 1. The van der Waals surface area contributed by atoms with Crippen LogP contribution >= 0.6 is 0 Å². The smallest absolute Gasteiger partial charge is 0.408 e. The molecule has 0 saturated heterocycles. The molecule has 2 aromatic heterocycles. The molecule has 0 bridgehead atoms. The molecule has 1 amide bonds. The highest BCUT2D eigenvalue weighted by atomic mass is 16.6. The van der Waals surface area contributed by atoms with E-state index >= 15 is 0 Å². The highest BCUT2D eigenvalue weighted by Gasteiger charge is 2.25. The molecule has 0 aliphatic rings. The molecule has 0 radical (unpaired) electrons. The standard InChI is InChI=1S/C26H25N3O5/c1-26(2,3)33-25(32)28-21(15-16-9-8-13-20(27-16)24(30)31)17-10-4-5-11-18(17)23-19-12-6-7-14-22(19)34-29-23/h4-14,21H,15H2,1-3H3,(H,28,32)(H,30,31)/t21-/m0/s1. The summed E-state index contributed by atoms with van der Waals surface area (Å²) in [5, 5.41) is 17.4. The lowest BCUT2D eigenvalue weighted by atomic mass is 9.93. The number of carbonyl (C=O) groups is 2. The number of hydrogen-bond donors (Lipinski definition) is 2. The van der Waals surface area contributed by atoms with Gasteiger partial charge in [0.05, 0.1) is 6.04 Å². The summed E-state index contributed by atoms with van der Waals surface area (Å²) in [7, 11) is 0. The molecular formula is C26H25N3O5. The van der Waals surface area contributed by atoms with Crippen molar-refractivity contribution in [1.82, 2.24) is 15.5 Å². The highest BCUT2D eigenvalue weighted by Crippen LogP contribution is 2.34. The van der Waals surface area contributed by atoms with Gasteiger partial charge in [-0.1, -0.05) is 47.6 Å². The Hall–Kier alpha value is -4.20. The zero-order valence-corrected chi connectivity index (χ0v) is 19.1. The second-order valence-corrected chi connectivity index (χ2v) is 8.84. The predicted octanol–water partition coefficient (Wildman–Crippen LogP) is 5.40. The van der Waals surface area contributed by atoms with Gasteiger partial charge in [-0.05, 0) is 50.6 Å². The molecule has 1 atom stereocenters. The average molecular weight is 460 g/mol. The van der Waals surface area contributed by atoms with Crippen LogP contribution in [0, 0.1) is 0 Å². The van der Waals surface area contributed by atoms with E-state index in [1.165, 1.54) is 6.07 Å². The van der Waals surface area contributed by atoms with Gasteiger partial charge in [-0.2, -0.15) is 0 Å². The van der Waals surface area contributed by atoms with Crippen LogP contribution in [0.25, 0.3) is 22.2 Å². The number of ether oxygens (including phenoxy) is 1. The van der Waals surface area contributed by atoms with E-state index in [1.807, 2.05) is 48.5 Å². The highest BCUT2D eigenvalue weighted by molar-refractivity contribution is 5.92. The van der Waals surface area contributed by atoms with Gasteiger partial charge in [-0.3, -0.25) is 0 Å². The summed E-state index contributed by atoms with van der Waals surface area (Å²) in [5.41, 5.74) is 2.62. The monoisotopic (exact) mass is 459 g/mol. The summed E-state index contributed by atoms with van der Waals surface area (Å²) < 4.78 is 11.0. The summed E-state index contributed by atoms with van der Waals surface area (Å²) in [4.78, 5) is 28.4. The zero-order valence-electron chi connectivity index (χ0n) is 19.1. The topological polar surface area (TPSA) is 115 Å². The minimum Gasteiger partial charge on any atom is -0.477 e. The number of rotatable bonds is 6. The van der Waals surface area contributed by atoms with Gasteiger partial charge in [0, 0.05) is 23.1 Å². The summed E-state index contributed by atoms with van der Waals surface area (Å²) in [5.74, 6) is -1.12. The van der Waals surface area contributed by atoms with Crippen LogP contribution in [0.15, 0.2) is 71.3 Å². The van der Waals surface area contributed by atoms with Gasteiger partial charge in [0.1, 0.15) is 17.0 Å². The van der Waals surface area contributed by atoms with Gasteiger partial charge in [-0.25, -0.2) is 14.6 Å². The van der Waals surface area contributed by atoms with Crippen molar-refractivity contribution in [2.75, 3.05) is 0 Å². The van der Waals surface area contributed by atoms with Crippen molar-refractivity contribution < 1.29 is 24.0 Å². The van der Waals surface area contributed by atoms with Crippen molar-refractivity contribution in [2.45, 2.75) is 38.8 Å². The molecule has 4 aromatic rings. The Morgan fingerprint density at radius 3 is 2.53 bits per heavy atom. The first-order chi connectivity index (χ1) is 16.2. The molecule has 8 nitrogen and oxygen atoms in total. The number of carboxylic acid groups (broad SMARTS) is 1. The molecule has 0 unspecified atom stereocenters. The lowest BCUT2D eigenvalue weighted by Gasteiger charge is -2.25. The van der Waals surface area contributed by atoms with Crippen LogP contribution in [0.2, 0.25) is 0 Å². The van der Waals surface area contributed by atoms with Gasteiger partial charge >= 0.3 is 12.1 Å². The molecule has 2 aromatic carbocycles. The van der Waals surface area contributed by atoms with Crippen molar-refractivity contribution in [2.24, 2.45) is 0 Å². The third kappa shape index (κ3) is 5.23. The quantitative estimate of drug-likeness (QED) is 0.397. The van der Waals surface area contributed by atoms with Gasteiger partial charge in [0.2, 0.25) is 0 Å². The van der Waals surface area contributed by atoms with Gasteiger partial charge in [0.25, 0.3) is 0 Å². The molecule has 0 saturated carbocycles. The van der Waals surface area contributed by atoms with Crippen LogP contribution in [0.5, 0.6) is 0 Å². The van der Waals surface area contributed by atoms with E-state index < -0.39 is 23.7 Å². The maximum Gasteiger partial charge on any atom is 0.408 e. The number of carboxylic acids is 1. The second kappa shape index (κ2) is 9.35. The number of carbonyl (C=O) groups excluding carboxylic acids is 1. The molecule has 0 spiro atoms. The first kappa shape index (κ1) is 23.0. The molecule has 174 valence electrons. The Labute approximate surface area is 196 Å². The van der Waals surface area contributed by atoms with Crippen LogP contribution in [-0.4, -0.2) is 32.9 Å². The van der Waals surface area contributed by atoms with Gasteiger partial charge in [0.15, 0.2) is 5.58 Å². The van der Waals surface area contributed by atoms with Crippen molar-refractivity contribution in [3.05, 3.63) is 83.7 Å². The van der Waals surface area contributed by atoms with Gasteiger partial charge < -0.3 is 19.7 Å². The Balaban J connectivity index is 1.77. The van der Waals surface area contributed by atoms with E-state index in [9.17, 15) is 14.7 Å². The molecule has 34 heavy (non-hydrogen) atoms. The van der Waals surface area contributed by atoms with Crippen LogP contribution < -0.4 is 5.32 Å². The second-order valence-electron chi connectivity index (χ2n) is 8.84. The Morgan fingerprint density at radius 1 is 1.03 bits per heavy atom. The number of aromatic carboxylic acids is 1. The Morgan fingerprint density at radius 2 is 1.76 bits per heavy atom. The van der Waals surface area contributed by atoms with Crippen LogP contribution in [-0.2, 0) is 11.2 Å². The van der Waals surface area contributed by atoms with Gasteiger partial charge in [-0.15, -0.1) is 0 Å². The molecule has 2 heterocycles. The van der Waals surface area contributed by atoms with Crippen molar-refractivity contribution >= 4 is 23.0 Å². The van der Waals surface area contributed by atoms with Crippen molar-refractivity contribution in [3.63, 3.8) is 0 Å². The summed E-state index contributed by atoms with van der Waals surface area (Å²) in [6.45, 7) is 5.36. The van der Waals surface area contributed by atoms with Crippen LogP contribution in [0.1, 0.15) is 48.6 Å². The number of pyridine rings is 1. The van der Waals surface area contributed by atoms with E-state index in [1.54, 1.807) is 32.9 Å². The Bertz CT molecular complexity index is 1340. The lowest BCUT2D eigenvalue weighted by molar-refractivity contribution is 0.0502. The molecule has 0 aliphatic carbocycles. The summed E-state index contributed by atoms with van der Waals surface area (Å²) in [6, 6.07) is 19.3. The predicted molar refractivity (Wildman–Crippen MR) is 126 cm³/mol.